The third-order valence-corrected chi connectivity index (χ3v) is 3.92. The molecule has 0 bridgehead atoms. The van der Waals surface area contributed by atoms with E-state index in [0.717, 1.165) is 11.8 Å². The van der Waals surface area contributed by atoms with E-state index in [-0.39, 0.29) is 0 Å². The highest BCUT2D eigenvalue weighted by atomic mass is 15.4. The minimum absolute atomic E-state index is 0.986. The SMILES string of the molecule is CC(C[N+]1(C)CC1)C1CCCC1. The summed E-state index contributed by atoms with van der Waals surface area (Å²) in [6.45, 7) is 6.80. The molecule has 1 saturated heterocycles. The van der Waals surface area contributed by atoms with E-state index in [1.165, 1.54) is 49.8 Å². The zero-order valence-corrected chi connectivity index (χ0v) is 8.55. The molecule has 0 N–H and O–H groups in total. The molecular formula is C11H22N+. The average Bonchev–Trinajstić information content (AvgIpc) is 2.55. The first-order valence-electron chi connectivity index (χ1n) is 5.53. The minimum Gasteiger partial charge on any atom is -0.316 e. The van der Waals surface area contributed by atoms with Crippen LogP contribution in [0.5, 0.6) is 0 Å². The molecule has 1 unspecified atom stereocenters. The van der Waals surface area contributed by atoms with Crippen LogP contribution in [-0.2, 0) is 0 Å². The molecule has 1 aliphatic carbocycles. The Morgan fingerprint density at radius 1 is 1.25 bits per heavy atom. The van der Waals surface area contributed by atoms with E-state index in [1.807, 2.05) is 0 Å². The Balaban J connectivity index is 1.79. The van der Waals surface area contributed by atoms with E-state index < -0.39 is 0 Å². The maximum absolute atomic E-state index is 2.47. The van der Waals surface area contributed by atoms with Gasteiger partial charge in [-0.15, -0.1) is 0 Å². The molecule has 1 atom stereocenters. The largest absolute Gasteiger partial charge is 0.316 e. The smallest absolute Gasteiger partial charge is 0.128 e. The van der Waals surface area contributed by atoms with Gasteiger partial charge in [-0.05, 0) is 18.8 Å². The van der Waals surface area contributed by atoms with Gasteiger partial charge in [-0.25, -0.2) is 0 Å². The second-order valence-corrected chi connectivity index (χ2v) is 5.27. The predicted octanol–water partition coefficient (Wildman–Crippen LogP) is 2.27. The molecule has 1 heterocycles. The molecule has 1 nitrogen and oxygen atoms in total. The van der Waals surface area contributed by atoms with Crippen LogP contribution in [0.15, 0.2) is 0 Å². The normalized spacial score (nSPS) is 30.5. The van der Waals surface area contributed by atoms with Crippen LogP contribution < -0.4 is 0 Å². The van der Waals surface area contributed by atoms with Crippen LogP contribution in [0.3, 0.4) is 0 Å². The average molecular weight is 168 g/mol. The molecule has 1 saturated carbocycles. The lowest BCUT2D eigenvalue weighted by atomic mass is 9.92. The number of nitrogens with zero attached hydrogens (tertiary/aromatic N) is 1. The lowest BCUT2D eigenvalue weighted by Gasteiger charge is -2.22. The van der Waals surface area contributed by atoms with Gasteiger partial charge in [-0.3, -0.25) is 0 Å². The van der Waals surface area contributed by atoms with Crippen LogP contribution >= 0.6 is 0 Å². The Kier molecular flexibility index (Phi) is 2.16. The number of quaternary nitrogens is 1. The predicted molar refractivity (Wildman–Crippen MR) is 51.9 cm³/mol. The van der Waals surface area contributed by atoms with Crippen molar-refractivity contribution in [3.05, 3.63) is 0 Å². The fourth-order valence-corrected chi connectivity index (χ4v) is 2.72. The van der Waals surface area contributed by atoms with E-state index in [1.54, 1.807) is 0 Å². The summed E-state index contributed by atoms with van der Waals surface area (Å²) in [6, 6.07) is 0. The first-order valence-corrected chi connectivity index (χ1v) is 5.53. The van der Waals surface area contributed by atoms with E-state index in [4.69, 9.17) is 0 Å². The monoisotopic (exact) mass is 168 g/mol. The molecule has 12 heavy (non-hydrogen) atoms. The van der Waals surface area contributed by atoms with Gasteiger partial charge in [0.1, 0.15) is 13.1 Å². The fourth-order valence-electron chi connectivity index (χ4n) is 2.72. The number of hydrogen-bond donors (Lipinski definition) is 0. The Morgan fingerprint density at radius 2 is 1.83 bits per heavy atom. The maximum atomic E-state index is 2.47. The molecule has 0 spiro atoms. The zero-order valence-electron chi connectivity index (χ0n) is 8.55. The van der Waals surface area contributed by atoms with Crippen LogP contribution in [0.1, 0.15) is 32.6 Å². The molecule has 1 aliphatic heterocycles. The fraction of sp³-hybridized carbons (Fsp3) is 1.00. The summed E-state index contributed by atoms with van der Waals surface area (Å²) in [5.74, 6) is 2.06. The molecular weight excluding hydrogens is 146 g/mol. The van der Waals surface area contributed by atoms with Crippen LogP contribution in [0.2, 0.25) is 0 Å². The molecule has 0 aromatic carbocycles. The second-order valence-electron chi connectivity index (χ2n) is 5.27. The summed E-state index contributed by atoms with van der Waals surface area (Å²) in [6.07, 6.45) is 6.03. The molecule has 2 rings (SSSR count). The second kappa shape index (κ2) is 3.02. The molecule has 0 aromatic rings. The van der Waals surface area contributed by atoms with Crippen molar-refractivity contribution in [2.75, 3.05) is 26.7 Å². The van der Waals surface area contributed by atoms with Gasteiger partial charge < -0.3 is 4.48 Å². The molecule has 0 amide bonds. The summed E-state index contributed by atoms with van der Waals surface area (Å²) < 4.78 is 1.37. The highest BCUT2D eigenvalue weighted by Gasteiger charge is 2.39. The summed E-state index contributed by atoms with van der Waals surface area (Å²) in [5, 5.41) is 0. The van der Waals surface area contributed by atoms with Crippen molar-refractivity contribution in [3.8, 4) is 0 Å². The summed E-state index contributed by atoms with van der Waals surface area (Å²) in [5.41, 5.74) is 0. The molecule has 2 fully saturated rings. The Bertz CT molecular complexity index is 154. The molecule has 0 aromatic heterocycles. The quantitative estimate of drug-likeness (QED) is 0.448. The Hall–Kier alpha value is -0.0400. The van der Waals surface area contributed by atoms with E-state index in [0.29, 0.717) is 0 Å². The van der Waals surface area contributed by atoms with Crippen LogP contribution in [0, 0.1) is 11.8 Å². The highest BCUT2D eigenvalue weighted by Crippen LogP contribution is 2.33. The maximum Gasteiger partial charge on any atom is 0.128 e. The van der Waals surface area contributed by atoms with Crippen molar-refractivity contribution in [1.82, 2.24) is 0 Å². The first-order chi connectivity index (χ1) is 5.70. The van der Waals surface area contributed by atoms with Crippen molar-refractivity contribution in [2.24, 2.45) is 11.8 Å². The number of rotatable bonds is 3. The molecule has 2 aliphatic rings. The van der Waals surface area contributed by atoms with Gasteiger partial charge in [0, 0.05) is 5.92 Å². The molecule has 0 radical (unpaired) electrons. The van der Waals surface area contributed by atoms with Crippen molar-refractivity contribution in [1.29, 1.82) is 0 Å². The number of hydrogen-bond acceptors (Lipinski definition) is 0. The van der Waals surface area contributed by atoms with Gasteiger partial charge in [0.15, 0.2) is 0 Å². The van der Waals surface area contributed by atoms with Crippen LogP contribution in [0.25, 0.3) is 0 Å². The summed E-state index contributed by atoms with van der Waals surface area (Å²) in [7, 11) is 2.41. The van der Waals surface area contributed by atoms with Crippen molar-refractivity contribution < 1.29 is 4.48 Å². The van der Waals surface area contributed by atoms with Gasteiger partial charge in [-0.1, -0.05) is 19.8 Å². The zero-order chi connectivity index (χ0) is 8.60. The summed E-state index contributed by atoms with van der Waals surface area (Å²) >= 11 is 0. The summed E-state index contributed by atoms with van der Waals surface area (Å²) in [4.78, 5) is 0. The van der Waals surface area contributed by atoms with Gasteiger partial charge in [0.25, 0.3) is 0 Å². The van der Waals surface area contributed by atoms with Gasteiger partial charge >= 0.3 is 0 Å². The minimum atomic E-state index is 0.986. The highest BCUT2D eigenvalue weighted by molar-refractivity contribution is 4.73. The lowest BCUT2D eigenvalue weighted by Crippen LogP contribution is -2.29. The third-order valence-electron chi connectivity index (χ3n) is 3.92. The topological polar surface area (TPSA) is 0 Å². The van der Waals surface area contributed by atoms with Crippen LogP contribution in [0.4, 0.5) is 0 Å². The number of likely N-dealkylation sites (N-methyl/N-ethyl adjacent to an activating group) is 1. The van der Waals surface area contributed by atoms with E-state index in [9.17, 15) is 0 Å². The van der Waals surface area contributed by atoms with Crippen molar-refractivity contribution in [2.45, 2.75) is 32.6 Å². The van der Waals surface area contributed by atoms with Gasteiger partial charge in [0.05, 0.1) is 13.6 Å². The molecule has 1 heteroatoms. The third kappa shape index (κ3) is 1.82. The lowest BCUT2D eigenvalue weighted by molar-refractivity contribution is -0.782. The Morgan fingerprint density at radius 3 is 2.33 bits per heavy atom. The molecule has 70 valence electrons. The Labute approximate surface area is 76.3 Å². The van der Waals surface area contributed by atoms with Gasteiger partial charge in [0.2, 0.25) is 0 Å². The van der Waals surface area contributed by atoms with Gasteiger partial charge in [-0.2, -0.15) is 0 Å². The van der Waals surface area contributed by atoms with Crippen molar-refractivity contribution >= 4 is 0 Å². The van der Waals surface area contributed by atoms with E-state index in [2.05, 4.69) is 14.0 Å². The standard InChI is InChI=1S/C11H22N/c1-10(9-12(2)7-8-12)11-5-3-4-6-11/h10-11H,3-9H2,1-2H3/q+1. The van der Waals surface area contributed by atoms with Crippen LogP contribution in [-0.4, -0.2) is 31.2 Å². The first kappa shape index (κ1) is 8.55. The van der Waals surface area contributed by atoms with Crippen molar-refractivity contribution in [3.63, 3.8) is 0 Å². The van der Waals surface area contributed by atoms with E-state index >= 15 is 0 Å².